The van der Waals surface area contributed by atoms with Gasteiger partial charge in [-0.1, -0.05) is 42.5 Å². The van der Waals surface area contributed by atoms with Crippen LogP contribution in [0.15, 0.2) is 84.2 Å². The van der Waals surface area contributed by atoms with E-state index in [2.05, 4.69) is 15.3 Å². The van der Waals surface area contributed by atoms with Gasteiger partial charge in [0.25, 0.3) is 5.56 Å². The number of aromatic nitrogens is 3. The van der Waals surface area contributed by atoms with Crippen LogP contribution in [0.2, 0.25) is 0 Å². The third-order valence-electron chi connectivity index (χ3n) is 4.85. The number of carbonyl (C=O) groups excluding carboxylic acids is 1. The Morgan fingerprint density at radius 2 is 1.72 bits per heavy atom. The number of hydrogen-bond donors (Lipinski definition) is 1. The van der Waals surface area contributed by atoms with Gasteiger partial charge < -0.3 is 5.32 Å². The number of nitrogens with one attached hydrogen (secondary N) is 1. The monoisotopic (exact) mass is 384 g/mol. The molecule has 0 aliphatic rings. The number of pyridine rings is 1. The van der Waals surface area contributed by atoms with Gasteiger partial charge >= 0.3 is 0 Å². The van der Waals surface area contributed by atoms with E-state index < -0.39 is 0 Å². The fourth-order valence-electron chi connectivity index (χ4n) is 3.37. The summed E-state index contributed by atoms with van der Waals surface area (Å²) in [7, 11) is 0. The van der Waals surface area contributed by atoms with Crippen LogP contribution in [-0.4, -0.2) is 20.4 Å². The van der Waals surface area contributed by atoms with Gasteiger partial charge in [-0.3, -0.25) is 19.1 Å². The van der Waals surface area contributed by atoms with E-state index >= 15 is 0 Å². The van der Waals surface area contributed by atoms with Crippen molar-refractivity contribution in [1.82, 2.24) is 19.9 Å². The number of rotatable bonds is 5. The molecule has 6 nitrogen and oxygen atoms in total. The summed E-state index contributed by atoms with van der Waals surface area (Å²) >= 11 is 0. The lowest BCUT2D eigenvalue weighted by Crippen LogP contribution is -2.35. The van der Waals surface area contributed by atoms with Crippen molar-refractivity contribution in [1.29, 1.82) is 0 Å². The summed E-state index contributed by atoms with van der Waals surface area (Å²) in [5, 5.41) is 3.54. The Balaban J connectivity index is 1.62. The number of para-hydroxylation sites is 1. The van der Waals surface area contributed by atoms with Crippen LogP contribution in [0.5, 0.6) is 0 Å². The molecule has 2 aromatic heterocycles. The molecule has 6 heteroatoms. The second kappa shape index (κ2) is 8.06. The van der Waals surface area contributed by atoms with Gasteiger partial charge in [-0.05, 0) is 41.8 Å². The summed E-state index contributed by atoms with van der Waals surface area (Å²) in [4.78, 5) is 34.0. The van der Waals surface area contributed by atoms with Gasteiger partial charge in [-0.2, -0.15) is 0 Å². The zero-order valence-corrected chi connectivity index (χ0v) is 15.9. The van der Waals surface area contributed by atoms with Crippen molar-refractivity contribution >= 4 is 16.8 Å². The zero-order valence-electron chi connectivity index (χ0n) is 15.9. The van der Waals surface area contributed by atoms with Crippen LogP contribution in [-0.2, 0) is 11.3 Å². The standard InChI is InChI=1S/C23H20N4O2/c1-16-6-5-9-19-21(16)25-15-27(23(19)29)14-20(28)26-22(17-7-3-2-4-8-17)18-10-12-24-13-11-18/h2-13,15,22H,14H2,1H3,(H,26,28). The first kappa shape index (κ1) is 18.6. The number of benzene rings is 2. The molecule has 1 unspecified atom stereocenters. The van der Waals surface area contributed by atoms with E-state index in [1.807, 2.05) is 61.5 Å². The van der Waals surface area contributed by atoms with Gasteiger partial charge in [0.05, 0.1) is 23.3 Å². The maximum absolute atomic E-state index is 12.8. The average molecular weight is 384 g/mol. The highest BCUT2D eigenvalue weighted by Gasteiger charge is 2.17. The molecule has 0 saturated carbocycles. The summed E-state index contributed by atoms with van der Waals surface area (Å²) in [5.74, 6) is -0.272. The minimum Gasteiger partial charge on any atom is -0.344 e. The summed E-state index contributed by atoms with van der Waals surface area (Å²) in [5.41, 5.74) is 3.23. The zero-order chi connectivity index (χ0) is 20.2. The molecule has 0 bridgehead atoms. The van der Waals surface area contributed by atoms with E-state index in [0.717, 1.165) is 16.7 Å². The first-order chi connectivity index (χ1) is 14.1. The summed E-state index contributed by atoms with van der Waals surface area (Å²) < 4.78 is 1.34. The number of aryl methyl sites for hydroxylation is 1. The summed E-state index contributed by atoms with van der Waals surface area (Å²) in [6.45, 7) is 1.80. The molecule has 4 aromatic rings. The number of amides is 1. The molecule has 0 fully saturated rings. The molecule has 2 heterocycles. The number of nitrogens with zero attached hydrogens (tertiary/aromatic N) is 3. The molecule has 1 atom stereocenters. The van der Waals surface area contributed by atoms with Crippen LogP contribution in [0.1, 0.15) is 22.7 Å². The molecule has 1 amide bonds. The predicted octanol–water partition coefficient (Wildman–Crippen LogP) is 3.01. The van der Waals surface area contributed by atoms with Crippen molar-refractivity contribution in [3.63, 3.8) is 0 Å². The number of fused-ring (bicyclic) bond motifs is 1. The fraction of sp³-hybridized carbons (Fsp3) is 0.130. The lowest BCUT2D eigenvalue weighted by molar-refractivity contribution is -0.122. The Morgan fingerprint density at radius 3 is 2.48 bits per heavy atom. The van der Waals surface area contributed by atoms with Gasteiger partial charge in [0.1, 0.15) is 6.54 Å². The highest BCUT2D eigenvalue weighted by molar-refractivity contribution is 5.81. The van der Waals surface area contributed by atoms with Crippen LogP contribution in [0.4, 0.5) is 0 Å². The fourth-order valence-corrected chi connectivity index (χ4v) is 3.37. The molecule has 29 heavy (non-hydrogen) atoms. The van der Waals surface area contributed by atoms with Gasteiger partial charge in [-0.15, -0.1) is 0 Å². The molecule has 0 aliphatic heterocycles. The largest absolute Gasteiger partial charge is 0.344 e. The highest BCUT2D eigenvalue weighted by Crippen LogP contribution is 2.21. The van der Waals surface area contributed by atoms with Crippen LogP contribution < -0.4 is 10.9 Å². The first-order valence-electron chi connectivity index (χ1n) is 9.32. The third-order valence-corrected chi connectivity index (χ3v) is 4.85. The van der Waals surface area contributed by atoms with Crippen molar-refractivity contribution < 1.29 is 4.79 Å². The van der Waals surface area contributed by atoms with Gasteiger partial charge in [0.2, 0.25) is 5.91 Å². The SMILES string of the molecule is Cc1cccc2c(=O)n(CC(=O)NC(c3ccccc3)c3ccncc3)cnc12. The van der Waals surface area contributed by atoms with E-state index in [-0.39, 0.29) is 24.1 Å². The normalized spacial score (nSPS) is 11.9. The van der Waals surface area contributed by atoms with Crippen molar-refractivity contribution in [3.8, 4) is 0 Å². The Hall–Kier alpha value is -3.80. The minimum absolute atomic E-state index is 0.107. The quantitative estimate of drug-likeness (QED) is 0.574. The topological polar surface area (TPSA) is 76.9 Å². The van der Waals surface area contributed by atoms with Crippen molar-refractivity contribution in [2.75, 3.05) is 0 Å². The van der Waals surface area contributed by atoms with E-state index in [4.69, 9.17) is 0 Å². The molecule has 2 aromatic carbocycles. The van der Waals surface area contributed by atoms with Crippen molar-refractivity contribution in [2.24, 2.45) is 0 Å². The highest BCUT2D eigenvalue weighted by atomic mass is 16.2. The van der Waals surface area contributed by atoms with Crippen LogP contribution in [0, 0.1) is 6.92 Å². The van der Waals surface area contributed by atoms with Crippen LogP contribution in [0.3, 0.4) is 0 Å². The summed E-state index contributed by atoms with van der Waals surface area (Å²) in [6.07, 6.45) is 4.82. The minimum atomic E-state index is -0.335. The number of carbonyl (C=O) groups is 1. The molecule has 0 radical (unpaired) electrons. The van der Waals surface area contributed by atoms with Gasteiger partial charge in [0.15, 0.2) is 0 Å². The smallest absolute Gasteiger partial charge is 0.261 e. The third kappa shape index (κ3) is 3.91. The van der Waals surface area contributed by atoms with E-state index in [9.17, 15) is 9.59 Å². The maximum atomic E-state index is 12.8. The lowest BCUT2D eigenvalue weighted by Gasteiger charge is -2.20. The molecule has 0 saturated heterocycles. The Labute approximate surface area is 167 Å². The van der Waals surface area contributed by atoms with Crippen molar-refractivity contribution in [2.45, 2.75) is 19.5 Å². The Bertz CT molecular complexity index is 1160. The lowest BCUT2D eigenvalue weighted by atomic mass is 9.99. The van der Waals surface area contributed by atoms with Crippen LogP contribution in [0.25, 0.3) is 10.9 Å². The van der Waals surface area contributed by atoms with Gasteiger partial charge in [0, 0.05) is 12.4 Å². The molecule has 1 N–H and O–H groups in total. The molecule has 144 valence electrons. The van der Waals surface area contributed by atoms with Crippen LogP contribution >= 0.6 is 0 Å². The van der Waals surface area contributed by atoms with Crippen molar-refractivity contribution in [3.05, 3.63) is 106 Å². The maximum Gasteiger partial charge on any atom is 0.261 e. The first-order valence-corrected chi connectivity index (χ1v) is 9.32. The molecule has 0 aliphatic carbocycles. The average Bonchev–Trinajstić information content (AvgIpc) is 2.76. The Morgan fingerprint density at radius 1 is 1.00 bits per heavy atom. The van der Waals surface area contributed by atoms with E-state index in [0.29, 0.717) is 10.9 Å². The van der Waals surface area contributed by atoms with E-state index in [1.54, 1.807) is 18.5 Å². The Kier molecular flexibility index (Phi) is 5.16. The number of hydrogen-bond acceptors (Lipinski definition) is 4. The van der Waals surface area contributed by atoms with Gasteiger partial charge in [-0.25, -0.2) is 4.98 Å². The molecular formula is C23H20N4O2. The molecule has 0 spiro atoms. The van der Waals surface area contributed by atoms with E-state index in [1.165, 1.54) is 10.9 Å². The second-order valence-electron chi connectivity index (χ2n) is 6.84. The summed E-state index contributed by atoms with van der Waals surface area (Å²) in [6, 6.07) is 18.5. The predicted molar refractivity (Wildman–Crippen MR) is 111 cm³/mol. The molecular weight excluding hydrogens is 364 g/mol. The second-order valence-corrected chi connectivity index (χ2v) is 6.84. The molecule has 4 rings (SSSR count).